The molecule has 0 unspecified atom stereocenters. The van der Waals surface area contributed by atoms with Crippen LogP contribution in [0.4, 0.5) is 5.69 Å². The first-order valence-corrected chi connectivity index (χ1v) is 11.0. The zero-order valence-corrected chi connectivity index (χ0v) is 16.7. The smallest absolute Gasteiger partial charge is 0.238 e. The standard InChI is InChI=1S/C21H25N3O3S/c1-27-16-8-11-18-19(12-16)24(13-14-4-2-3-5-14)21(20(18)22)15-6-9-17(10-7-15)28(23,25)26/h6-12,14H,2-5,13,22H2,1H3,(H2,23,25,26). The molecule has 0 atom stereocenters. The summed E-state index contributed by atoms with van der Waals surface area (Å²) >= 11 is 0. The minimum Gasteiger partial charge on any atom is -0.497 e. The Balaban J connectivity index is 1.89. The Morgan fingerprint density at radius 3 is 2.39 bits per heavy atom. The third kappa shape index (κ3) is 3.36. The molecule has 1 saturated carbocycles. The third-order valence-corrected chi connectivity index (χ3v) is 6.61. The third-order valence-electron chi connectivity index (χ3n) is 5.68. The number of sulfonamides is 1. The Morgan fingerprint density at radius 2 is 1.79 bits per heavy atom. The first kappa shape index (κ1) is 18.8. The predicted molar refractivity (Wildman–Crippen MR) is 112 cm³/mol. The van der Waals surface area contributed by atoms with Gasteiger partial charge >= 0.3 is 0 Å². The van der Waals surface area contributed by atoms with Crippen molar-refractivity contribution in [3.05, 3.63) is 42.5 Å². The first-order valence-electron chi connectivity index (χ1n) is 9.47. The molecule has 2 aromatic carbocycles. The number of rotatable bonds is 5. The minimum absolute atomic E-state index is 0.0925. The molecular weight excluding hydrogens is 374 g/mol. The second kappa shape index (κ2) is 7.14. The van der Waals surface area contributed by atoms with E-state index in [2.05, 4.69) is 4.57 Å². The van der Waals surface area contributed by atoms with Gasteiger partial charge in [-0.25, -0.2) is 13.6 Å². The van der Waals surface area contributed by atoms with Gasteiger partial charge < -0.3 is 15.0 Å². The predicted octanol–water partition coefficient (Wildman–Crippen LogP) is 3.74. The van der Waals surface area contributed by atoms with Crippen LogP contribution in [0.5, 0.6) is 5.75 Å². The van der Waals surface area contributed by atoms with Gasteiger partial charge in [0.15, 0.2) is 0 Å². The summed E-state index contributed by atoms with van der Waals surface area (Å²) in [5.74, 6) is 1.40. The summed E-state index contributed by atoms with van der Waals surface area (Å²) < 4.78 is 30.9. The lowest BCUT2D eigenvalue weighted by Crippen LogP contribution is -2.12. The van der Waals surface area contributed by atoms with Crippen molar-refractivity contribution in [2.24, 2.45) is 11.1 Å². The Hall–Kier alpha value is -2.51. The summed E-state index contributed by atoms with van der Waals surface area (Å²) in [4.78, 5) is 0.0925. The lowest BCUT2D eigenvalue weighted by atomic mass is 10.1. The van der Waals surface area contributed by atoms with E-state index in [1.165, 1.54) is 37.8 Å². The summed E-state index contributed by atoms with van der Waals surface area (Å²) in [7, 11) is -2.07. The highest BCUT2D eigenvalue weighted by molar-refractivity contribution is 7.89. The van der Waals surface area contributed by atoms with Gasteiger partial charge in [-0.2, -0.15) is 0 Å². The molecule has 3 aromatic rings. The molecule has 0 spiro atoms. The van der Waals surface area contributed by atoms with Crippen molar-refractivity contribution < 1.29 is 13.2 Å². The molecule has 148 valence electrons. The lowest BCUT2D eigenvalue weighted by molar-refractivity contribution is 0.415. The van der Waals surface area contributed by atoms with Crippen LogP contribution in [0, 0.1) is 5.92 Å². The normalized spacial score (nSPS) is 15.4. The van der Waals surface area contributed by atoms with Crippen LogP contribution in [0.1, 0.15) is 25.7 Å². The summed E-state index contributed by atoms with van der Waals surface area (Å²) in [6.07, 6.45) is 4.96. The van der Waals surface area contributed by atoms with E-state index in [1.54, 1.807) is 19.2 Å². The minimum atomic E-state index is -3.73. The SMILES string of the molecule is COc1ccc2c(N)c(-c3ccc(S(N)(=O)=O)cc3)n(CC3CCCC3)c2c1. The maximum atomic E-state index is 11.6. The van der Waals surface area contributed by atoms with Crippen molar-refractivity contribution >= 4 is 26.6 Å². The molecule has 0 amide bonds. The van der Waals surface area contributed by atoms with E-state index in [4.69, 9.17) is 15.6 Å². The van der Waals surface area contributed by atoms with Crippen molar-refractivity contribution in [3.8, 4) is 17.0 Å². The maximum absolute atomic E-state index is 11.6. The highest BCUT2D eigenvalue weighted by Gasteiger charge is 2.22. The molecular formula is C21H25N3O3S. The molecule has 1 heterocycles. The van der Waals surface area contributed by atoms with Crippen molar-refractivity contribution in [3.63, 3.8) is 0 Å². The van der Waals surface area contributed by atoms with E-state index in [0.717, 1.165) is 34.5 Å². The van der Waals surface area contributed by atoms with Crippen molar-refractivity contribution in [1.29, 1.82) is 0 Å². The number of nitrogens with two attached hydrogens (primary N) is 2. The van der Waals surface area contributed by atoms with Gasteiger partial charge in [0.2, 0.25) is 10.0 Å². The monoisotopic (exact) mass is 399 g/mol. The molecule has 0 bridgehead atoms. The highest BCUT2D eigenvalue weighted by atomic mass is 32.2. The van der Waals surface area contributed by atoms with Crippen LogP contribution in [0.25, 0.3) is 22.2 Å². The molecule has 4 rings (SSSR count). The van der Waals surface area contributed by atoms with E-state index in [-0.39, 0.29) is 4.90 Å². The molecule has 1 fully saturated rings. The number of fused-ring (bicyclic) bond motifs is 1. The van der Waals surface area contributed by atoms with Crippen LogP contribution in [-0.4, -0.2) is 20.1 Å². The molecule has 6 nitrogen and oxygen atoms in total. The van der Waals surface area contributed by atoms with E-state index in [0.29, 0.717) is 11.6 Å². The molecule has 1 aliphatic rings. The zero-order valence-electron chi connectivity index (χ0n) is 15.9. The van der Waals surface area contributed by atoms with Crippen molar-refractivity contribution in [2.45, 2.75) is 37.1 Å². The number of anilines is 1. The van der Waals surface area contributed by atoms with E-state index in [9.17, 15) is 8.42 Å². The van der Waals surface area contributed by atoms with E-state index < -0.39 is 10.0 Å². The van der Waals surface area contributed by atoms with Crippen molar-refractivity contribution in [2.75, 3.05) is 12.8 Å². The van der Waals surface area contributed by atoms with Crippen LogP contribution in [0.15, 0.2) is 47.4 Å². The molecule has 0 radical (unpaired) electrons. The van der Waals surface area contributed by atoms with Crippen LogP contribution >= 0.6 is 0 Å². The van der Waals surface area contributed by atoms with Crippen molar-refractivity contribution in [1.82, 2.24) is 4.57 Å². The summed E-state index contributed by atoms with van der Waals surface area (Å²) in [5.41, 5.74) is 10.1. The van der Waals surface area contributed by atoms with Crippen LogP contribution in [0.2, 0.25) is 0 Å². The van der Waals surface area contributed by atoms with Crippen LogP contribution in [0.3, 0.4) is 0 Å². The van der Waals surface area contributed by atoms with Gasteiger partial charge in [-0.05, 0) is 43.0 Å². The number of methoxy groups -OCH3 is 1. The Morgan fingerprint density at radius 1 is 1.11 bits per heavy atom. The van der Waals surface area contributed by atoms with Crippen LogP contribution < -0.4 is 15.6 Å². The molecule has 0 saturated heterocycles. The second-order valence-corrected chi connectivity index (χ2v) is 9.04. The zero-order chi connectivity index (χ0) is 19.9. The largest absolute Gasteiger partial charge is 0.497 e. The first-order chi connectivity index (χ1) is 13.4. The molecule has 4 N–H and O–H groups in total. The summed E-state index contributed by atoms with van der Waals surface area (Å²) in [6.45, 7) is 0.882. The van der Waals surface area contributed by atoms with Gasteiger partial charge in [0.25, 0.3) is 0 Å². The van der Waals surface area contributed by atoms with Gasteiger partial charge in [-0.15, -0.1) is 0 Å². The summed E-state index contributed by atoms with van der Waals surface area (Å²) in [6, 6.07) is 12.5. The van der Waals surface area contributed by atoms with Crippen LogP contribution in [-0.2, 0) is 16.6 Å². The van der Waals surface area contributed by atoms with Gasteiger partial charge in [0.1, 0.15) is 5.75 Å². The second-order valence-electron chi connectivity index (χ2n) is 7.48. The lowest BCUT2D eigenvalue weighted by Gasteiger charge is -2.16. The topological polar surface area (TPSA) is 100 Å². The molecule has 28 heavy (non-hydrogen) atoms. The van der Waals surface area contributed by atoms with Gasteiger partial charge in [0, 0.05) is 23.6 Å². The fourth-order valence-electron chi connectivity index (χ4n) is 4.24. The number of nitrogen functional groups attached to an aromatic ring is 1. The Labute approximate surface area is 165 Å². The van der Waals surface area contributed by atoms with E-state index in [1.807, 2.05) is 18.2 Å². The molecule has 0 aliphatic heterocycles. The average molecular weight is 400 g/mol. The maximum Gasteiger partial charge on any atom is 0.238 e. The fourth-order valence-corrected chi connectivity index (χ4v) is 4.75. The fraction of sp³-hybridized carbons (Fsp3) is 0.333. The Bertz CT molecular complexity index is 1110. The molecule has 1 aliphatic carbocycles. The number of benzene rings is 2. The van der Waals surface area contributed by atoms with Gasteiger partial charge in [-0.1, -0.05) is 25.0 Å². The van der Waals surface area contributed by atoms with Gasteiger partial charge in [-0.3, -0.25) is 0 Å². The number of hydrogen-bond donors (Lipinski definition) is 2. The summed E-state index contributed by atoms with van der Waals surface area (Å²) in [5, 5.41) is 6.21. The number of nitrogens with zero attached hydrogens (tertiary/aromatic N) is 1. The molecule has 1 aromatic heterocycles. The average Bonchev–Trinajstić information content (AvgIpc) is 3.28. The number of hydrogen-bond acceptors (Lipinski definition) is 4. The number of ether oxygens (including phenoxy) is 1. The van der Waals surface area contributed by atoms with E-state index >= 15 is 0 Å². The Kier molecular flexibility index (Phi) is 4.81. The molecule has 7 heteroatoms. The number of aromatic nitrogens is 1. The quantitative estimate of drug-likeness (QED) is 0.682. The number of primary sulfonamides is 1. The highest BCUT2D eigenvalue weighted by Crippen LogP contribution is 2.39. The van der Waals surface area contributed by atoms with Gasteiger partial charge in [0.05, 0.1) is 28.9 Å².